The Hall–Kier alpha value is -2.27. The molecule has 35 heavy (non-hydrogen) atoms. The van der Waals surface area contributed by atoms with Crippen molar-refractivity contribution < 1.29 is 28.5 Å². The summed E-state index contributed by atoms with van der Waals surface area (Å²) in [6.07, 6.45) is 1.44. The minimum absolute atomic E-state index is 0.108. The average molecular weight is 523 g/mol. The average Bonchev–Trinajstić information content (AvgIpc) is 3.27. The van der Waals surface area contributed by atoms with Gasteiger partial charge in [0, 0.05) is 29.8 Å². The summed E-state index contributed by atoms with van der Waals surface area (Å²) in [6.45, 7) is 1.91. The number of rotatable bonds is 10. The number of aliphatic hydroxyl groups is 1. The summed E-state index contributed by atoms with van der Waals surface area (Å²) in [7, 11) is 1.52. The molecule has 3 atom stereocenters. The molecule has 1 aliphatic rings. The number of aliphatic hydroxyl groups excluding tert-OH is 1. The molecule has 1 fully saturated rings. The number of halogens is 2. The van der Waals surface area contributed by atoms with E-state index in [0.717, 1.165) is 40.6 Å². The number of ether oxygens (including phenoxy) is 1. The van der Waals surface area contributed by atoms with E-state index in [9.17, 15) is 23.8 Å². The number of nitrogens with zero attached hydrogens (tertiary/aromatic N) is 2. The van der Waals surface area contributed by atoms with E-state index >= 15 is 0 Å². The lowest BCUT2D eigenvalue weighted by atomic mass is 9.81. The van der Waals surface area contributed by atoms with Crippen LogP contribution >= 0.6 is 23.1 Å². The molecule has 0 bridgehead atoms. The van der Waals surface area contributed by atoms with Gasteiger partial charge in [-0.15, -0.1) is 11.8 Å². The normalized spacial score (nSPS) is 19.7. The Bertz CT molecular complexity index is 1180. The zero-order valence-electron chi connectivity index (χ0n) is 19.3. The monoisotopic (exact) mass is 522 g/mol. The van der Waals surface area contributed by atoms with Gasteiger partial charge in [-0.25, -0.2) is 4.39 Å². The highest BCUT2D eigenvalue weighted by Crippen LogP contribution is 2.35. The third-order valence-electron chi connectivity index (χ3n) is 6.57. The van der Waals surface area contributed by atoms with Crippen LogP contribution in [0.4, 0.5) is 8.78 Å². The minimum atomic E-state index is -1.08. The topological polar surface area (TPSA) is 82.9 Å². The van der Waals surface area contributed by atoms with Gasteiger partial charge in [0.25, 0.3) is 0 Å². The summed E-state index contributed by atoms with van der Waals surface area (Å²) in [5.41, 5.74) is 0.723. The van der Waals surface area contributed by atoms with E-state index < -0.39 is 23.8 Å². The maximum absolute atomic E-state index is 14.7. The first kappa shape index (κ1) is 25.8. The fourth-order valence-corrected chi connectivity index (χ4v) is 6.60. The molecule has 2 N–H and O–H groups in total. The molecule has 3 heterocycles. The number of thiophene rings is 1. The summed E-state index contributed by atoms with van der Waals surface area (Å²) in [6, 6.07) is 8.31. The number of aromatic nitrogens is 1. The molecular weight excluding hydrogens is 494 g/mol. The highest BCUT2D eigenvalue weighted by molar-refractivity contribution is 8.01. The predicted molar refractivity (Wildman–Crippen MR) is 133 cm³/mol. The molecule has 1 aliphatic heterocycles. The number of pyridine rings is 1. The molecule has 1 saturated heterocycles. The largest absolute Gasteiger partial charge is 0.497 e. The first-order valence-corrected chi connectivity index (χ1v) is 13.3. The van der Waals surface area contributed by atoms with Crippen LogP contribution in [-0.2, 0) is 4.79 Å². The van der Waals surface area contributed by atoms with E-state index in [0.29, 0.717) is 36.0 Å². The van der Waals surface area contributed by atoms with Crippen molar-refractivity contribution in [2.45, 2.75) is 29.6 Å². The van der Waals surface area contributed by atoms with Crippen molar-refractivity contribution in [1.29, 1.82) is 0 Å². The molecule has 10 heteroatoms. The van der Waals surface area contributed by atoms with Crippen molar-refractivity contribution in [2.75, 3.05) is 32.5 Å². The maximum atomic E-state index is 14.7. The highest BCUT2D eigenvalue weighted by atomic mass is 32.2. The lowest BCUT2D eigenvalue weighted by molar-refractivity contribution is -0.146. The van der Waals surface area contributed by atoms with Crippen LogP contribution in [0.1, 0.15) is 30.9 Å². The smallest absolute Gasteiger partial charge is 0.308 e. The lowest BCUT2D eigenvalue weighted by Crippen LogP contribution is -2.44. The van der Waals surface area contributed by atoms with Crippen molar-refractivity contribution in [1.82, 2.24) is 9.88 Å². The van der Waals surface area contributed by atoms with Crippen LogP contribution in [0.5, 0.6) is 5.75 Å². The van der Waals surface area contributed by atoms with Crippen molar-refractivity contribution >= 4 is 40.0 Å². The first-order valence-electron chi connectivity index (χ1n) is 11.5. The van der Waals surface area contributed by atoms with E-state index in [1.54, 1.807) is 36.0 Å². The summed E-state index contributed by atoms with van der Waals surface area (Å²) in [4.78, 5) is 18.2. The number of carboxylic acid groups (broad SMARTS) is 1. The highest BCUT2D eigenvalue weighted by Gasteiger charge is 2.34. The Morgan fingerprint density at radius 1 is 1.34 bits per heavy atom. The molecule has 0 amide bonds. The number of fused-ring (bicyclic) bond motifs is 1. The van der Waals surface area contributed by atoms with E-state index in [1.165, 1.54) is 13.2 Å². The quantitative estimate of drug-likeness (QED) is 0.354. The van der Waals surface area contributed by atoms with E-state index in [1.807, 2.05) is 0 Å². The number of benzene rings is 1. The molecular formula is C25H28F2N2O4S2. The lowest BCUT2D eigenvalue weighted by Gasteiger charge is -2.36. The Labute approximate surface area is 210 Å². The van der Waals surface area contributed by atoms with E-state index in [2.05, 4.69) is 9.88 Å². The number of hydrogen-bond donors (Lipinski definition) is 2. The van der Waals surface area contributed by atoms with Gasteiger partial charge < -0.3 is 19.8 Å². The minimum Gasteiger partial charge on any atom is -0.497 e. The number of likely N-dealkylation sites (tertiary alicyclic amines) is 1. The van der Waals surface area contributed by atoms with Gasteiger partial charge in [-0.05, 0) is 62.1 Å². The number of carbonyl (C=O) groups is 1. The second-order valence-corrected chi connectivity index (χ2v) is 11.1. The van der Waals surface area contributed by atoms with Gasteiger partial charge in [-0.2, -0.15) is 4.39 Å². The maximum Gasteiger partial charge on any atom is 0.308 e. The number of piperidine rings is 1. The fraction of sp³-hybridized carbons (Fsp3) is 0.440. The zero-order chi connectivity index (χ0) is 24.9. The van der Waals surface area contributed by atoms with Gasteiger partial charge >= 0.3 is 5.97 Å². The Morgan fingerprint density at radius 3 is 2.89 bits per heavy atom. The number of aliphatic carboxylic acids is 1. The van der Waals surface area contributed by atoms with Crippen LogP contribution in [0.2, 0.25) is 0 Å². The molecule has 188 valence electrons. The second-order valence-electron chi connectivity index (χ2n) is 8.70. The molecule has 4 rings (SSSR count). The molecule has 0 saturated carbocycles. The molecule has 6 nitrogen and oxygen atoms in total. The Kier molecular flexibility index (Phi) is 8.59. The van der Waals surface area contributed by atoms with Crippen molar-refractivity contribution in [3.05, 3.63) is 53.0 Å². The van der Waals surface area contributed by atoms with E-state index in [4.69, 9.17) is 4.74 Å². The molecule has 0 radical (unpaired) electrons. The molecule has 3 aromatic rings. The SMILES string of the molecule is COc1ccc2ncc(F)c(C(O)CCC3CCN(CCSc4ccc(F)s4)CC3C(=O)O)c2c1. The summed E-state index contributed by atoms with van der Waals surface area (Å²) >= 11 is 2.68. The number of hydrogen-bond acceptors (Lipinski definition) is 7. The fourth-order valence-electron chi connectivity index (χ4n) is 4.70. The number of carboxylic acids is 1. The van der Waals surface area contributed by atoms with Crippen LogP contribution < -0.4 is 4.74 Å². The van der Waals surface area contributed by atoms with Gasteiger partial charge in [0.2, 0.25) is 0 Å². The van der Waals surface area contributed by atoms with Crippen LogP contribution in [0.25, 0.3) is 10.9 Å². The Morgan fingerprint density at radius 2 is 2.17 bits per heavy atom. The predicted octanol–water partition coefficient (Wildman–Crippen LogP) is 5.21. The third kappa shape index (κ3) is 6.30. The van der Waals surface area contributed by atoms with Crippen LogP contribution in [0, 0.1) is 22.8 Å². The zero-order valence-corrected chi connectivity index (χ0v) is 21.0. The Balaban J connectivity index is 1.37. The van der Waals surface area contributed by atoms with Gasteiger partial charge in [-0.1, -0.05) is 11.3 Å². The second kappa shape index (κ2) is 11.6. The third-order valence-corrected chi connectivity index (χ3v) is 8.65. The van der Waals surface area contributed by atoms with Crippen molar-refractivity contribution in [2.24, 2.45) is 11.8 Å². The van der Waals surface area contributed by atoms with Crippen LogP contribution in [0.15, 0.2) is 40.7 Å². The van der Waals surface area contributed by atoms with Crippen molar-refractivity contribution in [3.8, 4) is 5.75 Å². The van der Waals surface area contributed by atoms with Gasteiger partial charge in [0.15, 0.2) is 5.13 Å². The van der Waals surface area contributed by atoms with E-state index in [-0.39, 0.29) is 23.0 Å². The summed E-state index contributed by atoms with van der Waals surface area (Å²) in [5, 5.41) is 21.0. The standard InChI is InChI=1S/C25H28F2N2O4S2/c1-33-16-3-4-20-17(12-16)24(19(26)13-28-20)21(30)5-2-15-8-9-29(14-18(15)25(31)32)10-11-34-23-7-6-22(27)35-23/h3-4,6-7,12-13,15,18,21,30H,2,5,8-11,14H2,1H3,(H,31,32). The molecule has 0 aliphatic carbocycles. The van der Waals surface area contributed by atoms with Crippen LogP contribution in [-0.4, -0.2) is 58.6 Å². The summed E-state index contributed by atoms with van der Waals surface area (Å²) in [5.74, 6) is -0.812. The van der Waals surface area contributed by atoms with Gasteiger partial charge in [0.1, 0.15) is 11.6 Å². The first-order chi connectivity index (χ1) is 16.9. The number of thioether (sulfide) groups is 1. The molecule has 0 spiro atoms. The molecule has 2 aromatic heterocycles. The molecule has 3 unspecified atom stereocenters. The van der Waals surface area contributed by atoms with Crippen LogP contribution in [0.3, 0.4) is 0 Å². The van der Waals surface area contributed by atoms with Crippen molar-refractivity contribution in [3.63, 3.8) is 0 Å². The molecule has 1 aromatic carbocycles. The number of methoxy groups -OCH3 is 1. The summed E-state index contributed by atoms with van der Waals surface area (Å²) < 4.78 is 34.0. The van der Waals surface area contributed by atoms with Gasteiger partial charge in [0.05, 0.1) is 35.1 Å². The van der Waals surface area contributed by atoms with Gasteiger partial charge in [-0.3, -0.25) is 9.78 Å².